The van der Waals surface area contributed by atoms with E-state index in [9.17, 15) is 15.0 Å². The summed E-state index contributed by atoms with van der Waals surface area (Å²) in [7, 11) is 1.30. The zero-order chi connectivity index (χ0) is 13.1. The molecular formula is C13H12O4S. The van der Waals surface area contributed by atoms with Crippen molar-refractivity contribution in [3.8, 4) is 21.9 Å². The van der Waals surface area contributed by atoms with E-state index in [1.54, 1.807) is 0 Å². The molecule has 2 N–H and O–H groups in total. The molecule has 2 rings (SSSR count). The topological polar surface area (TPSA) is 66.8 Å². The zero-order valence-corrected chi connectivity index (χ0v) is 10.5. The van der Waals surface area contributed by atoms with E-state index in [1.165, 1.54) is 30.6 Å². The van der Waals surface area contributed by atoms with E-state index >= 15 is 0 Å². The van der Waals surface area contributed by atoms with E-state index in [0.29, 0.717) is 11.1 Å². The Kier molecular flexibility index (Phi) is 3.53. The summed E-state index contributed by atoms with van der Waals surface area (Å²) in [5, 5.41) is 21.3. The van der Waals surface area contributed by atoms with Gasteiger partial charge in [-0.1, -0.05) is 6.07 Å². The molecule has 4 nitrogen and oxygen atoms in total. The number of benzene rings is 1. The Bertz CT molecular complexity index is 561. The monoisotopic (exact) mass is 264 g/mol. The van der Waals surface area contributed by atoms with Crippen LogP contribution in [0, 0.1) is 0 Å². The number of esters is 1. The number of ether oxygens (including phenoxy) is 1. The van der Waals surface area contributed by atoms with E-state index in [4.69, 9.17) is 0 Å². The quantitative estimate of drug-likeness (QED) is 0.836. The van der Waals surface area contributed by atoms with Crippen molar-refractivity contribution in [1.82, 2.24) is 0 Å². The summed E-state index contributed by atoms with van der Waals surface area (Å²) in [4.78, 5) is 12.2. The molecule has 1 heterocycles. The van der Waals surface area contributed by atoms with Gasteiger partial charge in [-0.15, -0.1) is 11.3 Å². The van der Waals surface area contributed by atoms with Crippen molar-refractivity contribution in [3.63, 3.8) is 0 Å². The average molecular weight is 264 g/mol. The molecule has 0 bridgehead atoms. The fraction of sp³-hybridized carbons (Fsp3) is 0.154. The molecule has 18 heavy (non-hydrogen) atoms. The molecule has 0 unspecified atom stereocenters. The second-order valence-electron chi connectivity index (χ2n) is 3.73. The Morgan fingerprint density at radius 1 is 1.39 bits per heavy atom. The highest BCUT2D eigenvalue weighted by molar-refractivity contribution is 7.13. The Morgan fingerprint density at radius 3 is 2.78 bits per heavy atom. The number of carbonyl (C=O) groups excluding carboxylic acids is 1. The van der Waals surface area contributed by atoms with E-state index in [0.717, 1.165) is 4.88 Å². The molecule has 0 atom stereocenters. The van der Waals surface area contributed by atoms with Gasteiger partial charge in [0.2, 0.25) is 0 Å². The van der Waals surface area contributed by atoms with Gasteiger partial charge >= 0.3 is 5.97 Å². The first-order valence-electron chi connectivity index (χ1n) is 5.27. The van der Waals surface area contributed by atoms with Crippen LogP contribution < -0.4 is 0 Å². The molecule has 2 aromatic rings. The minimum absolute atomic E-state index is 0.00565. The average Bonchev–Trinajstić information content (AvgIpc) is 2.81. The highest BCUT2D eigenvalue weighted by Gasteiger charge is 2.16. The maximum Gasteiger partial charge on any atom is 0.310 e. The summed E-state index contributed by atoms with van der Waals surface area (Å²) < 4.78 is 4.61. The van der Waals surface area contributed by atoms with Crippen molar-refractivity contribution in [2.24, 2.45) is 0 Å². The van der Waals surface area contributed by atoms with Crippen LogP contribution in [0.25, 0.3) is 10.4 Å². The molecular weight excluding hydrogens is 252 g/mol. The highest BCUT2D eigenvalue weighted by atomic mass is 32.1. The van der Waals surface area contributed by atoms with Crippen LogP contribution in [-0.2, 0) is 16.0 Å². The predicted molar refractivity (Wildman–Crippen MR) is 68.8 cm³/mol. The summed E-state index contributed by atoms with van der Waals surface area (Å²) >= 11 is 1.45. The van der Waals surface area contributed by atoms with Gasteiger partial charge in [0.1, 0.15) is 11.5 Å². The number of thiophene rings is 1. The third kappa shape index (κ3) is 2.46. The summed E-state index contributed by atoms with van der Waals surface area (Å²) in [5.41, 5.74) is 1.11. The molecule has 0 aliphatic rings. The normalized spacial score (nSPS) is 10.3. The summed E-state index contributed by atoms with van der Waals surface area (Å²) in [5.74, 6) is -0.541. The third-order valence-electron chi connectivity index (χ3n) is 2.51. The summed E-state index contributed by atoms with van der Waals surface area (Å²) in [6.45, 7) is 0. The van der Waals surface area contributed by atoms with E-state index in [-0.39, 0.29) is 17.9 Å². The number of hydrogen-bond acceptors (Lipinski definition) is 5. The Morgan fingerprint density at radius 2 is 2.17 bits per heavy atom. The fourth-order valence-electron chi connectivity index (χ4n) is 1.74. The van der Waals surface area contributed by atoms with Gasteiger partial charge in [0, 0.05) is 16.5 Å². The van der Waals surface area contributed by atoms with Crippen LogP contribution in [0.3, 0.4) is 0 Å². The minimum Gasteiger partial charge on any atom is -0.508 e. The molecule has 0 saturated carbocycles. The van der Waals surface area contributed by atoms with Gasteiger partial charge in [0.05, 0.1) is 13.5 Å². The fourth-order valence-corrected chi connectivity index (χ4v) is 2.56. The summed E-state index contributed by atoms with van der Waals surface area (Å²) in [6.07, 6.45) is 0.00565. The van der Waals surface area contributed by atoms with Crippen molar-refractivity contribution in [1.29, 1.82) is 0 Å². The van der Waals surface area contributed by atoms with Gasteiger partial charge in [0.15, 0.2) is 0 Å². The van der Waals surface area contributed by atoms with E-state index in [1.807, 2.05) is 17.5 Å². The number of phenolic OH excluding ortho intramolecular Hbond substituents is 2. The van der Waals surface area contributed by atoms with Crippen LogP contribution in [0.2, 0.25) is 0 Å². The number of carbonyl (C=O) groups is 1. The Hall–Kier alpha value is -2.01. The van der Waals surface area contributed by atoms with Crippen molar-refractivity contribution < 1.29 is 19.7 Å². The maximum atomic E-state index is 11.3. The summed E-state index contributed by atoms with van der Waals surface area (Å²) in [6, 6.07) is 6.42. The molecule has 5 heteroatoms. The molecule has 1 aromatic heterocycles. The minimum atomic E-state index is -0.419. The second-order valence-corrected chi connectivity index (χ2v) is 4.68. The molecule has 0 aliphatic heterocycles. The van der Waals surface area contributed by atoms with E-state index < -0.39 is 5.97 Å². The Balaban J connectivity index is 2.52. The number of rotatable bonds is 3. The number of hydrogen-bond donors (Lipinski definition) is 2. The smallest absolute Gasteiger partial charge is 0.310 e. The number of methoxy groups -OCH3 is 1. The van der Waals surface area contributed by atoms with Gasteiger partial charge in [-0.3, -0.25) is 4.79 Å². The van der Waals surface area contributed by atoms with Gasteiger partial charge in [-0.05, 0) is 23.1 Å². The first-order valence-corrected chi connectivity index (χ1v) is 6.15. The molecule has 0 amide bonds. The van der Waals surface area contributed by atoms with E-state index in [2.05, 4.69) is 4.74 Å². The molecule has 94 valence electrons. The first kappa shape index (κ1) is 12.4. The third-order valence-corrected chi connectivity index (χ3v) is 3.40. The lowest BCUT2D eigenvalue weighted by atomic mass is 10.0. The SMILES string of the molecule is COC(=O)Cc1cc(O)cc(O)c1-c1cccs1. The Labute approximate surface area is 108 Å². The van der Waals surface area contributed by atoms with Gasteiger partial charge in [-0.25, -0.2) is 0 Å². The second kappa shape index (κ2) is 5.10. The molecule has 1 aromatic carbocycles. The molecule has 0 fully saturated rings. The maximum absolute atomic E-state index is 11.3. The zero-order valence-electron chi connectivity index (χ0n) is 9.71. The van der Waals surface area contributed by atoms with Crippen molar-refractivity contribution in [3.05, 3.63) is 35.2 Å². The highest BCUT2D eigenvalue weighted by Crippen LogP contribution is 2.38. The van der Waals surface area contributed by atoms with Gasteiger partial charge in [0.25, 0.3) is 0 Å². The first-order chi connectivity index (χ1) is 8.61. The van der Waals surface area contributed by atoms with Crippen LogP contribution >= 0.6 is 11.3 Å². The van der Waals surface area contributed by atoms with Crippen molar-refractivity contribution in [2.45, 2.75) is 6.42 Å². The number of phenols is 2. The lowest BCUT2D eigenvalue weighted by molar-refractivity contribution is -0.139. The largest absolute Gasteiger partial charge is 0.508 e. The van der Waals surface area contributed by atoms with Crippen LogP contribution in [0.15, 0.2) is 29.6 Å². The van der Waals surface area contributed by atoms with Crippen LogP contribution in [0.1, 0.15) is 5.56 Å². The molecule has 0 radical (unpaired) electrons. The predicted octanol–water partition coefficient (Wildman–Crippen LogP) is 2.54. The molecule has 0 aliphatic carbocycles. The molecule has 0 spiro atoms. The molecule has 0 saturated heterocycles. The number of aromatic hydroxyl groups is 2. The van der Waals surface area contributed by atoms with Gasteiger partial charge < -0.3 is 14.9 Å². The lowest BCUT2D eigenvalue weighted by Crippen LogP contribution is -2.05. The lowest BCUT2D eigenvalue weighted by Gasteiger charge is -2.10. The van der Waals surface area contributed by atoms with Crippen molar-refractivity contribution >= 4 is 17.3 Å². The van der Waals surface area contributed by atoms with Crippen LogP contribution in [-0.4, -0.2) is 23.3 Å². The standard InChI is InChI=1S/C13H12O4S/c1-17-12(16)6-8-5-9(14)7-10(15)13(8)11-3-2-4-18-11/h2-5,7,14-15H,6H2,1H3. The van der Waals surface area contributed by atoms with Crippen LogP contribution in [0.5, 0.6) is 11.5 Å². The van der Waals surface area contributed by atoms with Gasteiger partial charge in [-0.2, -0.15) is 0 Å². The van der Waals surface area contributed by atoms with Crippen LogP contribution in [0.4, 0.5) is 0 Å². The van der Waals surface area contributed by atoms with Crippen molar-refractivity contribution in [2.75, 3.05) is 7.11 Å².